The minimum absolute atomic E-state index is 0.0659. The van der Waals surface area contributed by atoms with Crippen molar-refractivity contribution in [3.63, 3.8) is 0 Å². The molecule has 4 rings (SSSR count). The van der Waals surface area contributed by atoms with E-state index in [4.69, 9.17) is 4.74 Å². The number of amides is 1. The van der Waals surface area contributed by atoms with Crippen LogP contribution in [0.25, 0.3) is 0 Å². The molecule has 0 spiro atoms. The highest BCUT2D eigenvalue weighted by atomic mass is 16.5. The molecular weight excluding hydrogens is 290 g/mol. The predicted molar refractivity (Wildman–Crippen MR) is 86.6 cm³/mol. The molecule has 23 heavy (non-hydrogen) atoms. The molecule has 1 aromatic heterocycles. The zero-order valence-electron chi connectivity index (χ0n) is 13.9. The molecule has 3 fully saturated rings. The molecule has 126 valence electrons. The molecule has 1 aliphatic heterocycles. The zero-order chi connectivity index (χ0) is 15.8. The van der Waals surface area contributed by atoms with Crippen LogP contribution < -0.4 is 5.32 Å². The lowest BCUT2D eigenvalue weighted by Gasteiger charge is -2.22. The first-order chi connectivity index (χ1) is 11.2. The van der Waals surface area contributed by atoms with Gasteiger partial charge in [-0.15, -0.1) is 0 Å². The van der Waals surface area contributed by atoms with E-state index in [1.54, 1.807) is 6.20 Å². The molecule has 0 aromatic carbocycles. The summed E-state index contributed by atoms with van der Waals surface area (Å²) < 4.78 is 7.82. The monoisotopic (exact) mass is 317 g/mol. The van der Waals surface area contributed by atoms with Crippen LogP contribution in [0.4, 0.5) is 0 Å². The van der Waals surface area contributed by atoms with Crippen molar-refractivity contribution in [2.24, 2.45) is 24.8 Å². The van der Waals surface area contributed by atoms with Crippen LogP contribution in [0.5, 0.6) is 0 Å². The van der Waals surface area contributed by atoms with Crippen molar-refractivity contribution in [1.82, 2.24) is 14.9 Å². The standard InChI is InChI=1S/C18H27N3O2/c1-21-9-8-19-17(21)16-15(7-10-23-16)20-18(22)14-11-13(14)12-5-3-2-4-6-12/h8-9,12-16H,2-7,10-11H2,1H3,(H,20,22)/t13-,14+,15+,16+/m1/s1. The maximum Gasteiger partial charge on any atom is 0.223 e. The van der Waals surface area contributed by atoms with Crippen LogP contribution >= 0.6 is 0 Å². The predicted octanol–water partition coefficient (Wildman–Crippen LogP) is 2.58. The van der Waals surface area contributed by atoms with E-state index in [0.29, 0.717) is 12.5 Å². The lowest BCUT2D eigenvalue weighted by Crippen LogP contribution is -2.39. The number of ether oxygens (including phenoxy) is 1. The van der Waals surface area contributed by atoms with Gasteiger partial charge in [0.15, 0.2) is 0 Å². The molecule has 0 bridgehead atoms. The van der Waals surface area contributed by atoms with Gasteiger partial charge in [0.05, 0.1) is 6.04 Å². The number of hydrogen-bond acceptors (Lipinski definition) is 3. The van der Waals surface area contributed by atoms with E-state index in [1.165, 1.54) is 32.1 Å². The fourth-order valence-corrected chi connectivity index (χ4v) is 4.53. The molecule has 2 saturated carbocycles. The van der Waals surface area contributed by atoms with Crippen molar-refractivity contribution in [2.75, 3.05) is 6.61 Å². The average Bonchev–Trinajstić information content (AvgIpc) is 3.08. The Labute approximate surface area is 137 Å². The number of carbonyl (C=O) groups is 1. The van der Waals surface area contributed by atoms with Gasteiger partial charge >= 0.3 is 0 Å². The molecule has 2 heterocycles. The van der Waals surface area contributed by atoms with Crippen LogP contribution in [0.1, 0.15) is 56.9 Å². The normalized spacial score (nSPS) is 34.5. The summed E-state index contributed by atoms with van der Waals surface area (Å²) in [6.45, 7) is 0.694. The summed E-state index contributed by atoms with van der Waals surface area (Å²) >= 11 is 0. The highest BCUT2D eigenvalue weighted by Gasteiger charge is 2.48. The van der Waals surface area contributed by atoms with E-state index in [9.17, 15) is 4.79 Å². The van der Waals surface area contributed by atoms with Crippen LogP contribution in [0, 0.1) is 17.8 Å². The van der Waals surface area contributed by atoms with Gasteiger partial charge in [-0.1, -0.05) is 32.1 Å². The molecule has 1 aromatic rings. The molecule has 1 saturated heterocycles. The number of aromatic nitrogens is 2. The Kier molecular flexibility index (Phi) is 4.14. The summed E-state index contributed by atoms with van der Waals surface area (Å²) in [6, 6.07) is 0.0659. The Bertz CT molecular complexity index is 564. The fourth-order valence-electron chi connectivity index (χ4n) is 4.53. The highest BCUT2D eigenvalue weighted by Crippen LogP contribution is 2.49. The molecule has 0 radical (unpaired) electrons. The summed E-state index contributed by atoms with van der Waals surface area (Å²) in [5.74, 6) is 2.84. The summed E-state index contributed by atoms with van der Waals surface area (Å²) in [5.41, 5.74) is 0. The van der Waals surface area contributed by atoms with Crippen LogP contribution in [-0.4, -0.2) is 28.1 Å². The molecule has 3 aliphatic rings. The molecular formula is C18H27N3O2. The van der Waals surface area contributed by atoms with Crippen molar-refractivity contribution >= 4 is 5.91 Å². The van der Waals surface area contributed by atoms with Crippen molar-refractivity contribution in [1.29, 1.82) is 0 Å². The number of carbonyl (C=O) groups excluding carboxylic acids is 1. The number of rotatable bonds is 4. The van der Waals surface area contributed by atoms with Gasteiger partial charge < -0.3 is 14.6 Å². The minimum Gasteiger partial charge on any atom is -0.368 e. The summed E-state index contributed by atoms with van der Waals surface area (Å²) in [6.07, 6.45) is 12.3. The van der Waals surface area contributed by atoms with E-state index in [-0.39, 0.29) is 24.0 Å². The Balaban J connectivity index is 1.35. The molecule has 0 unspecified atom stereocenters. The Hall–Kier alpha value is -1.36. The number of hydrogen-bond donors (Lipinski definition) is 1. The second-order valence-corrected chi connectivity index (χ2v) is 7.50. The van der Waals surface area contributed by atoms with E-state index < -0.39 is 0 Å². The van der Waals surface area contributed by atoms with Gasteiger partial charge in [-0.3, -0.25) is 4.79 Å². The van der Waals surface area contributed by atoms with E-state index >= 15 is 0 Å². The number of nitrogens with one attached hydrogen (secondary N) is 1. The second kappa shape index (κ2) is 6.27. The Morgan fingerprint density at radius 2 is 2.13 bits per heavy atom. The van der Waals surface area contributed by atoms with Crippen LogP contribution in [-0.2, 0) is 16.6 Å². The van der Waals surface area contributed by atoms with Gasteiger partial charge in [0, 0.05) is 32.0 Å². The first-order valence-corrected chi connectivity index (χ1v) is 9.13. The lowest BCUT2D eigenvalue weighted by molar-refractivity contribution is -0.124. The fraction of sp³-hybridized carbons (Fsp3) is 0.778. The van der Waals surface area contributed by atoms with E-state index in [0.717, 1.165) is 24.6 Å². The summed E-state index contributed by atoms with van der Waals surface area (Å²) in [7, 11) is 1.98. The van der Waals surface area contributed by atoms with Gasteiger partial charge in [0.25, 0.3) is 0 Å². The van der Waals surface area contributed by atoms with Crippen LogP contribution in [0.3, 0.4) is 0 Å². The first kappa shape index (κ1) is 15.2. The minimum atomic E-state index is -0.106. The third kappa shape index (κ3) is 3.03. The van der Waals surface area contributed by atoms with Crippen molar-refractivity contribution in [3.05, 3.63) is 18.2 Å². The van der Waals surface area contributed by atoms with Crippen molar-refractivity contribution in [3.8, 4) is 0 Å². The van der Waals surface area contributed by atoms with Gasteiger partial charge in [-0.2, -0.15) is 0 Å². The third-order valence-corrected chi connectivity index (χ3v) is 5.96. The smallest absolute Gasteiger partial charge is 0.223 e. The second-order valence-electron chi connectivity index (χ2n) is 7.50. The molecule has 1 amide bonds. The number of nitrogens with zero attached hydrogens (tertiary/aromatic N) is 2. The Morgan fingerprint density at radius 3 is 2.87 bits per heavy atom. The number of aryl methyl sites for hydroxylation is 1. The van der Waals surface area contributed by atoms with Crippen molar-refractivity contribution in [2.45, 2.75) is 57.1 Å². The quantitative estimate of drug-likeness (QED) is 0.928. The third-order valence-electron chi connectivity index (χ3n) is 5.96. The maximum absolute atomic E-state index is 12.6. The average molecular weight is 317 g/mol. The molecule has 1 N–H and O–H groups in total. The summed E-state index contributed by atoms with van der Waals surface area (Å²) in [5, 5.41) is 3.26. The Morgan fingerprint density at radius 1 is 1.30 bits per heavy atom. The SMILES string of the molecule is Cn1ccnc1[C@H]1OCC[C@@H]1NC(=O)[C@H]1C[C@@H]1C1CCCCC1. The van der Waals surface area contributed by atoms with Crippen LogP contribution in [0.15, 0.2) is 12.4 Å². The topological polar surface area (TPSA) is 56.1 Å². The van der Waals surface area contributed by atoms with E-state index in [2.05, 4.69) is 10.3 Å². The lowest BCUT2D eigenvalue weighted by atomic mass is 9.85. The van der Waals surface area contributed by atoms with Gasteiger partial charge in [-0.05, 0) is 24.7 Å². The van der Waals surface area contributed by atoms with Gasteiger partial charge in [-0.25, -0.2) is 4.98 Å². The maximum atomic E-state index is 12.6. The first-order valence-electron chi connectivity index (χ1n) is 9.13. The molecule has 5 heteroatoms. The molecule has 5 nitrogen and oxygen atoms in total. The zero-order valence-corrected chi connectivity index (χ0v) is 13.9. The van der Waals surface area contributed by atoms with Gasteiger partial charge in [0.2, 0.25) is 5.91 Å². The highest BCUT2D eigenvalue weighted by molar-refractivity contribution is 5.82. The largest absolute Gasteiger partial charge is 0.368 e. The molecule has 4 atom stereocenters. The van der Waals surface area contributed by atoms with Crippen molar-refractivity contribution < 1.29 is 9.53 Å². The summed E-state index contributed by atoms with van der Waals surface area (Å²) in [4.78, 5) is 17.0. The number of imidazole rings is 1. The van der Waals surface area contributed by atoms with Gasteiger partial charge in [0.1, 0.15) is 11.9 Å². The molecule has 2 aliphatic carbocycles. The van der Waals surface area contributed by atoms with E-state index in [1.807, 2.05) is 17.8 Å². The van der Waals surface area contributed by atoms with Crippen LogP contribution in [0.2, 0.25) is 0 Å².